The molecule has 4 nitrogen and oxygen atoms in total. The van der Waals surface area contributed by atoms with Crippen LogP contribution >= 0.6 is 27.5 Å². The molecule has 0 aliphatic carbocycles. The van der Waals surface area contributed by atoms with E-state index in [2.05, 4.69) is 21.2 Å². The number of carbonyl (C=O) groups excluding carboxylic acids is 1. The minimum absolute atomic E-state index is 0.146. The summed E-state index contributed by atoms with van der Waals surface area (Å²) in [7, 11) is 0. The predicted molar refractivity (Wildman–Crippen MR) is 67.8 cm³/mol. The Bertz CT molecular complexity index is 476. The van der Waals surface area contributed by atoms with E-state index in [0.717, 1.165) is 4.47 Å². The number of amides is 1. The van der Waals surface area contributed by atoms with Crippen molar-refractivity contribution in [1.82, 2.24) is 0 Å². The normalized spacial score (nSPS) is 14.4. The van der Waals surface area contributed by atoms with Crippen molar-refractivity contribution in [1.29, 1.82) is 0 Å². The Morgan fingerprint density at radius 2 is 2.24 bits per heavy atom. The van der Waals surface area contributed by atoms with E-state index in [1.54, 1.807) is 18.2 Å². The van der Waals surface area contributed by atoms with Crippen LogP contribution in [0.4, 0.5) is 5.69 Å². The molecule has 1 aromatic carbocycles. The molecule has 0 aromatic heterocycles. The standard InChI is InChI=1S/C11H9BrClNO3/c12-7-1-2-8(13)9(5-7)14-11(15)10-6-16-3-4-17-10/h1-2,5-6H,3-4H2,(H,14,15). The molecule has 0 saturated carbocycles. The fraction of sp³-hybridized carbons (Fsp3) is 0.182. The van der Waals surface area contributed by atoms with E-state index in [0.29, 0.717) is 23.9 Å². The molecule has 2 rings (SSSR count). The maximum absolute atomic E-state index is 11.8. The van der Waals surface area contributed by atoms with Gasteiger partial charge in [-0.3, -0.25) is 4.79 Å². The van der Waals surface area contributed by atoms with Gasteiger partial charge in [0.1, 0.15) is 19.5 Å². The molecular formula is C11H9BrClNO3. The van der Waals surface area contributed by atoms with Crippen molar-refractivity contribution in [3.63, 3.8) is 0 Å². The maximum Gasteiger partial charge on any atom is 0.294 e. The molecule has 0 saturated heterocycles. The number of anilines is 1. The first-order chi connectivity index (χ1) is 8.16. The highest BCUT2D eigenvalue weighted by molar-refractivity contribution is 9.10. The van der Waals surface area contributed by atoms with Gasteiger partial charge in [0, 0.05) is 4.47 Å². The van der Waals surface area contributed by atoms with Gasteiger partial charge in [-0.15, -0.1) is 0 Å². The summed E-state index contributed by atoms with van der Waals surface area (Å²) in [6.07, 6.45) is 1.30. The second-order valence-electron chi connectivity index (χ2n) is 3.28. The number of carbonyl (C=O) groups is 1. The van der Waals surface area contributed by atoms with Crippen LogP contribution in [0.3, 0.4) is 0 Å². The molecule has 0 atom stereocenters. The quantitative estimate of drug-likeness (QED) is 0.912. The molecular weight excluding hydrogens is 309 g/mol. The van der Waals surface area contributed by atoms with Crippen LogP contribution in [-0.2, 0) is 14.3 Å². The van der Waals surface area contributed by atoms with Crippen molar-refractivity contribution < 1.29 is 14.3 Å². The van der Waals surface area contributed by atoms with Gasteiger partial charge in [-0.05, 0) is 18.2 Å². The van der Waals surface area contributed by atoms with E-state index in [1.807, 2.05) is 0 Å². The third-order valence-corrected chi connectivity index (χ3v) is 2.87. The van der Waals surface area contributed by atoms with Crippen molar-refractivity contribution in [2.75, 3.05) is 18.5 Å². The highest BCUT2D eigenvalue weighted by atomic mass is 79.9. The first-order valence-electron chi connectivity index (χ1n) is 4.88. The van der Waals surface area contributed by atoms with Gasteiger partial charge >= 0.3 is 0 Å². The van der Waals surface area contributed by atoms with Crippen LogP contribution in [0.2, 0.25) is 5.02 Å². The largest absolute Gasteiger partial charge is 0.494 e. The van der Waals surface area contributed by atoms with Gasteiger partial charge in [0.15, 0.2) is 0 Å². The smallest absolute Gasteiger partial charge is 0.294 e. The van der Waals surface area contributed by atoms with Crippen LogP contribution in [-0.4, -0.2) is 19.1 Å². The van der Waals surface area contributed by atoms with Crippen molar-refractivity contribution in [3.8, 4) is 0 Å². The van der Waals surface area contributed by atoms with Crippen molar-refractivity contribution in [2.45, 2.75) is 0 Å². The molecule has 1 heterocycles. The molecule has 1 N–H and O–H groups in total. The molecule has 1 aliphatic rings. The zero-order chi connectivity index (χ0) is 12.3. The van der Waals surface area contributed by atoms with Gasteiger partial charge in [-0.25, -0.2) is 0 Å². The van der Waals surface area contributed by atoms with Crippen LogP contribution < -0.4 is 5.32 Å². The van der Waals surface area contributed by atoms with Crippen molar-refractivity contribution in [2.24, 2.45) is 0 Å². The molecule has 1 amide bonds. The lowest BCUT2D eigenvalue weighted by molar-refractivity contribution is -0.117. The Labute approximate surface area is 112 Å². The molecule has 0 spiro atoms. The summed E-state index contributed by atoms with van der Waals surface area (Å²) in [5.74, 6) is -0.239. The Hall–Kier alpha value is -1.20. The topological polar surface area (TPSA) is 47.6 Å². The molecule has 0 bridgehead atoms. The van der Waals surface area contributed by atoms with Gasteiger partial charge < -0.3 is 14.8 Å². The van der Waals surface area contributed by atoms with E-state index in [9.17, 15) is 4.79 Å². The highest BCUT2D eigenvalue weighted by Gasteiger charge is 2.16. The SMILES string of the molecule is O=C(Nc1cc(Br)ccc1Cl)C1=COCCO1. The van der Waals surface area contributed by atoms with Gasteiger partial charge in [0.25, 0.3) is 5.91 Å². The second-order valence-corrected chi connectivity index (χ2v) is 4.60. The molecule has 17 heavy (non-hydrogen) atoms. The summed E-state index contributed by atoms with van der Waals surface area (Å²) in [5.41, 5.74) is 0.515. The lowest BCUT2D eigenvalue weighted by Gasteiger charge is -2.15. The number of rotatable bonds is 2. The average molecular weight is 319 g/mol. The zero-order valence-electron chi connectivity index (χ0n) is 8.70. The van der Waals surface area contributed by atoms with Gasteiger partial charge in [0.2, 0.25) is 5.76 Å². The van der Waals surface area contributed by atoms with E-state index in [-0.39, 0.29) is 11.7 Å². The number of hydrogen-bond acceptors (Lipinski definition) is 3. The fourth-order valence-electron chi connectivity index (χ4n) is 1.26. The molecule has 1 aliphatic heterocycles. The van der Waals surface area contributed by atoms with E-state index in [4.69, 9.17) is 21.1 Å². The lowest BCUT2D eigenvalue weighted by atomic mass is 10.3. The summed E-state index contributed by atoms with van der Waals surface area (Å²) < 4.78 is 11.0. The summed E-state index contributed by atoms with van der Waals surface area (Å²) in [6.45, 7) is 0.819. The van der Waals surface area contributed by atoms with Crippen LogP contribution in [0.25, 0.3) is 0 Å². The van der Waals surface area contributed by atoms with Gasteiger partial charge in [0.05, 0.1) is 10.7 Å². The highest BCUT2D eigenvalue weighted by Crippen LogP contribution is 2.26. The Balaban J connectivity index is 2.12. The molecule has 0 radical (unpaired) electrons. The summed E-state index contributed by atoms with van der Waals surface area (Å²) in [6, 6.07) is 5.19. The van der Waals surface area contributed by atoms with Crippen LogP contribution in [0, 0.1) is 0 Å². The van der Waals surface area contributed by atoms with Crippen molar-refractivity contribution >= 4 is 39.1 Å². The number of benzene rings is 1. The minimum Gasteiger partial charge on any atom is -0.494 e. The first-order valence-corrected chi connectivity index (χ1v) is 6.05. The fourth-order valence-corrected chi connectivity index (χ4v) is 1.79. The van der Waals surface area contributed by atoms with E-state index >= 15 is 0 Å². The van der Waals surface area contributed by atoms with E-state index in [1.165, 1.54) is 6.26 Å². The number of hydrogen-bond donors (Lipinski definition) is 1. The lowest BCUT2D eigenvalue weighted by Crippen LogP contribution is -2.21. The molecule has 0 fully saturated rings. The minimum atomic E-state index is -0.385. The van der Waals surface area contributed by atoms with E-state index < -0.39 is 0 Å². The maximum atomic E-state index is 11.8. The van der Waals surface area contributed by atoms with Crippen LogP contribution in [0.15, 0.2) is 34.7 Å². The third-order valence-electron chi connectivity index (χ3n) is 2.05. The summed E-state index contributed by atoms with van der Waals surface area (Å²) in [4.78, 5) is 11.8. The monoisotopic (exact) mass is 317 g/mol. The Morgan fingerprint density at radius 1 is 1.41 bits per heavy atom. The molecule has 1 aromatic rings. The molecule has 0 unspecified atom stereocenters. The van der Waals surface area contributed by atoms with Crippen molar-refractivity contribution in [3.05, 3.63) is 39.7 Å². The Kier molecular flexibility index (Phi) is 3.91. The molecule has 90 valence electrons. The third kappa shape index (κ3) is 3.14. The zero-order valence-corrected chi connectivity index (χ0v) is 11.0. The Morgan fingerprint density at radius 3 is 2.94 bits per heavy atom. The van der Waals surface area contributed by atoms with Gasteiger partial charge in [-0.2, -0.15) is 0 Å². The second kappa shape index (κ2) is 5.42. The predicted octanol–water partition coefficient (Wildman–Crippen LogP) is 2.93. The van der Waals surface area contributed by atoms with Gasteiger partial charge in [-0.1, -0.05) is 27.5 Å². The average Bonchev–Trinajstić information content (AvgIpc) is 2.35. The molecule has 6 heteroatoms. The number of ether oxygens (including phenoxy) is 2. The summed E-state index contributed by atoms with van der Waals surface area (Å²) in [5, 5.41) is 3.10. The number of halogens is 2. The first kappa shape index (κ1) is 12.3. The summed E-state index contributed by atoms with van der Waals surface area (Å²) >= 11 is 9.25. The van der Waals surface area contributed by atoms with Crippen LogP contribution in [0.1, 0.15) is 0 Å². The number of nitrogens with one attached hydrogen (secondary N) is 1. The van der Waals surface area contributed by atoms with Crippen LogP contribution in [0.5, 0.6) is 0 Å².